The molecule has 31 heavy (non-hydrogen) atoms. The van der Waals surface area contributed by atoms with Crippen LogP contribution in [-0.4, -0.2) is 57.6 Å². The minimum absolute atomic E-state index is 0.204. The van der Waals surface area contributed by atoms with Crippen molar-refractivity contribution in [2.75, 3.05) is 20.6 Å². The third-order valence-electron chi connectivity index (χ3n) is 5.14. The molecule has 2 amide bonds. The number of nitrogens with zero attached hydrogens (tertiary/aromatic N) is 4. The van der Waals surface area contributed by atoms with Gasteiger partial charge in [0.05, 0.1) is 12.2 Å². The highest BCUT2D eigenvalue weighted by atomic mass is 16.6. The minimum Gasteiger partial charge on any atom is -0.444 e. The molecule has 2 heterocycles. The molecular weight excluding hydrogens is 396 g/mol. The summed E-state index contributed by atoms with van der Waals surface area (Å²) in [7, 11) is 3.34. The van der Waals surface area contributed by atoms with Gasteiger partial charge in [0.25, 0.3) is 5.56 Å². The fourth-order valence-corrected chi connectivity index (χ4v) is 3.69. The first-order valence-corrected chi connectivity index (χ1v) is 10.3. The fraction of sp³-hybridized carbons (Fsp3) is 0.478. The molecule has 0 aliphatic carbocycles. The van der Waals surface area contributed by atoms with Crippen molar-refractivity contribution in [3.63, 3.8) is 0 Å². The maximum absolute atomic E-state index is 13.5. The Kier molecular flexibility index (Phi) is 6.20. The zero-order valence-electron chi connectivity index (χ0n) is 19.0. The van der Waals surface area contributed by atoms with Crippen LogP contribution in [0.1, 0.15) is 49.5 Å². The van der Waals surface area contributed by atoms with Crippen molar-refractivity contribution < 1.29 is 14.3 Å². The molecule has 0 bridgehead atoms. The molecule has 1 aliphatic heterocycles. The average molecular weight is 427 g/mol. The van der Waals surface area contributed by atoms with Crippen molar-refractivity contribution in [2.24, 2.45) is 0 Å². The smallest absolute Gasteiger partial charge is 0.410 e. The maximum atomic E-state index is 13.5. The molecule has 0 spiro atoms. The SMILES string of the molecule is Cc1nc2c(c(=O)n1C(C(=O)N(C)C)c1ccccc1)CCN(C(=O)OC(C)(C)C)C2. The Balaban J connectivity index is 2.03. The van der Waals surface area contributed by atoms with Crippen LogP contribution in [0.4, 0.5) is 4.79 Å². The van der Waals surface area contributed by atoms with Gasteiger partial charge in [-0.05, 0) is 39.7 Å². The molecule has 8 nitrogen and oxygen atoms in total. The molecule has 1 aromatic carbocycles. The van der Waals surface area contributed by atoms with Crippen molar-refractivity contribution in [3.05, 3.63) is 63.3 Å². The second-order valence-electron chi connectivity index (χ2n) is 8.96. The molecule has 0 saturated carbocycles. The molecule has 0 saturated heterocycles. The van der Waals surface area contributed by atoms with Gasteiger partial charge in [0.15, 0.2) is 0 Å². The normalized spacial score (nSPS) is 14.6. The summed E-state index contributed by atoms with van der Waals surface area (Å²) < 4.78 is 6.93. The highest BCUT2D eigenvalue weighted by Gasteiger charge is 2.32. The Labute approximate surface area is 182 Å². The Hall–Kier alpha value is -3.16. The Morgan fingerprint density at radius 2 is 1.81 bits per heavy atom. The number of rotatable bonds is 3. The molecule has 166 valence electrons. The number of aryl methyl sites for hydroxylation is 1. The van der Waals surface area contributed by atoms with Gasteiger partial charge in [0.2, 0.25) is 5.91 Å². The summed E-state index contributed by atoms with van der Waals surface area (Å²) >= 11 is 0. The molecule has 0 N–H and O–H groups in total. The van der Waals surface area contributed by atoms with Gasteiger partial charge >= 0.3 is 6.09 Å². The van der Waals surface area contributed by atoms with Crippen LogP contribution in [0.2, 0.25) is 0 Å². The van der Waals surface area contributed by atoms with Gasteiger partial charge in [0.1, 0.15) is 17.5 Å². The van der Waals surface area contributed by atoms with E-state index >= 15 is 0 Å². The van der Waals surface area contributed by atoms with E-state index in [9.17, 15) is 14.4 Å². The third-order valence-corrected chi connectivity index (χ3v) is 5.14. The van der Waals surface area contributed by atoms with Gasteiger partial charge in [-0.3, -0.25) is 14.2 Å². The van der Waals surface area contributed by atoms with Crippen molar-refractivity contribution in [1.29, 1.82) is 0 Å². The number of carbonyl (C=O) groups excluding carboxylic acids is 2. The molecule has 1 unspecified atom stereocenters. The van der Waals surface area contributed by atoms with Crippen LogP contribution in [0.15, 0.2) is 35.1 Å². The Morgan fingerprint density at radius 1 is 1.16 bits per heavy atom. The van der Waals surface area contributed by atoms with E-state index in [2.05, 4.69) is 4.98 Å². The lowest BCUT2D eigenvalue weighted by molar-refractivity contribution is -0.131. The topological polar surface area (TPSA) is 84.7 Å². The van der Waals surface area contributed by atoms with Crippen LogP contribution in [0.25, 0.3) is 0 Å². The van der Waals surface area contributed by atoms with Crippen LogP contribution in [0, 0.1) is 6.92 Å². The summed E-state index contributed by atoms with van der Waals surface area (Å²) in [6.45, 7) is 7.73. The lowest BCUT2D eigenvalue weighted by Crippen LogP contribution is -2.45. The zero-order chi connectivity index (χ0) is 22.9. The quantitative estimate of drug-likeness (QED) is 0.753. The number of likely N-dealkylation sites (N-methyl/N-ethyl adjacent to an activating group) is 1. The Morgan fingerprint density at radius 3 is 2.39 bits per heavy atom. The number of hydrogen-bond acceptors (Lipinski definition) is 5. The van der Waals surface area contributed by atoms with Gasteiger partial charge in [-0.2, -0.15) is 0 Å². The Bertz CT molecular complexity index is 1040. The molecule has 2 aromatic rings. The van der Waals surface area contributed by atoms with Gasteiger partial charge < -0.3 is 14.5 Å². The predicted molar refractivity (Wildman–Crippen MR) is 117 cm³/mol. The summed E-state index contributed by atoms with van der Waals surface area (Å²) in [6, 6.07) is 8.42. The van der Waals surface area contributed by atoms with Crippen LogP contribution >= 0.6 is 0 Å². The number of benzene rings is 1. The number of ether oxygens (including phenoxy) is 1. The van der Waals surface area contributed by atoms with Crippen molar-refractivity contribution in [3.8, 4) is 0 Å². The first kappa shape index (κ1) is 22.5. The number of carbonyl (C=O) groups is 2. The van der Waals surface area contributed by atoms with Crippen LogP contribution in [0.3, 0.4) is 0 Å². The zero-order valence-corrected chi connectivity index (χ0v) is 19.0. The standard InChI is InChI=1S/C23H30N4O4/c1-15-24-18-14-26(22(30)31-23(2,3)4)13-12-17(18)20(28)27(15)19(21(29)25(5)6)16-10-8-7-9-11-16/h7-11,19H,12-14H2,1-6H3. The number of aromatic nitrogens is 2. The molecule has 3 rings (SSSR count). The van der Waals surface area contributed by atoms with Gasteiger partial charge in [-0.1, -0.05) is 30.3 Å². The fourth-order valence-electron chi connectivity index (χ4n) is 3.69. The van der Waals surface area contributed by atoms with Crippen LogP contribution in [0.5, 0.6) is 0 Å². The lowest BCUT2D eigenvalue weighted by Gasteiger charge is -2.32. The van der Waals surface area contributed by atoms with E-state index in [4.69, 9.17) is 4.74 Å². The number of hydrogen-bond donors (Lipinski definition) is 0. The monoisotopic (exact) mass is 426 g/mol. The molecule has 8 heteroatoms. The highest BCUT2D eigenvalue weighted by Crippen LogP contribution is 2.23. The lowest BCUT2D eigenvalue weighted by atomic mass is 10.0. The largest absolute Gasteiger partial charge is 0.444 e. The summed E-state index contributed by atoms with van der Waals surface area (Å²) in [5.74, 6) is 0.225. The highest BCUT2D eigenvalue weighted by molar-refractivity contribution is 5.83. The predicted octanol–water partition coefficient (Wildman–Crippen LogP) is 2.52. The summed E-state index contributed by atoms with van der Waals surface area (Å²) in [5.41, 5.74) is 0.979. The minimum atomic E-state index is -0.801. The molecule has 1 aliphatic rings. The number of fused-ring (bicyclic) bond motifs is 1. The third kappa shape index (κ3) is 4.78. The second kappa shape index (κ2) is 8.53. The van der Waals surface area contributed by atoms with Crippen molar-refractivity contribution in [1.82, 2.24) is 19.4 Å². The van der Waals surface area contributed by atoms with E-state index in [-0.39, 0.29) is 18.0 Å². The molecule has 0 fully saturated rings. The second-order valence-corrected chi connectivity index (χ2v) is 8.96. The van der Waals surface area contributed by atoms with Gasteiger partial charge in [-0.15, -0.1) is 0 Å². The number of amides is 2. The maximum Gasteiger partial charge on any atom is 0.410 e. The van der Waals surface area contributed by atoms with E-state index in [0.29, 0.717) is 30.0 Å². The van der Waals surface area contributed by atoms with Gasteiger partial charge in [0, 0.05) is 26.2 Å². The summed E-state index contributed by atoms with van der Waals surface area (Å²) in [6.07, 6.45) is -0.0648. The first-order chi connectivity index (χ1) is 14.5. The first-order valence-electron chi connectivity index (χ1n) is 10.3. The van der Waals surface area contributed by atoms with E-state index in [1.807, 2.05) is 51.1 Å². The van der Waals surface area contributed by atoms with Crippen molar-refractivity contribution >= 4 is 12.0 Å². The molecule has 1 aromatic heterocycles. The summed E-state index contributed by atoms with van der Waals surface area (Å²) in [4.78, 5) is 46.7. The van der Waals surface area contributed by atoms with Gasteiger partial charge in [-0.25, -0.2) is 9.78 Å². The average Bonchev–Trinajstić information content (AvgIpc) is 2.69. The van der Waals surface area contributed by atoms with Crippen LogP contribution < -0.4 is 5.56 Å². The van der Waals surface area contributed by atoms with Crippen LogP contribution in [-0.2, 0) is 22.5 Å². The van der Waals surface area contributed by atoms with E-state index in [0.717, 1.165) is 5.56 Å². The molecule has 1 atom stereocenters. The van der Waals surface area contributed by atoms with E-state index in [1.165, 1.54) is 9.47 Å². The molecule has 0 radical (unpaired) electrons. The summed E-state index contributed by atoms with van der Waals surface area (Å²) in [5, 5.41) is 0. The van der Waals surface area contributed by atoms with E-state index in [1.54, 1.807) is 25.9 Å². The van der Waals surface area contributed by atoms with Crippen molar-refractivity contribution in [2.45, 2.75) is 52.3 Å². The van der Waals surface area contributed by atoms with E-state index < -0.39 is 17.7 Å². The molecular formula is C23H30N4O4.